The van der Waals surface area contributed by atoms with E-state index in [9.17, 15) is 5.11 Å². The number of phenols is 1. The van der Waals surface area contributed by atoms with Gasteiger partial charge in [0.15, 0.2) is 0 Å². The number of pyridine rings is 1. The van der Waals surface area contributed by atoms with E-state index in [1.165, 1.54) is 5.56 Å². The van der Waals surface area contributed by atoms with Gasteiger partial charge >= 0.3 is 0 Å². The number of aryl methyl sites for hydroxylation is 2. The van der Waals surface area contributed by atoms with Crippen LogP contribution >= 0.6 is 0 Å². The van der Waals surface area contributed by atoms with E-state index in [0.717, 1.165) is 83.7 Å². The number of benzene rings is 8. The van der Waals surface area contributed by atoms with Crippen LogP contribution in [0.2, 0.25) is 0 Å². The molecule has 0 aliphatic rings. The average Bonchev–Trinajstić information content (AvgIpc) is 3.76. The molecule has 0 bridgehead atoms. The largest absolute Gasteiger partial charge is 0.507 e. The van der Waals surface area contributed by atoms with Crippen molar-refractivity contribution in [1.82, 2.24) is 14.5 Å². The van der Waals surface area contributed by atoms with E-state index in [1.54, 1.807) is 0 Å². The number of hydrogen-bond donors (Lipinski definition) is 1. The van der Waals surface area contributed by atoms with E-state index in [0.29, 0.717) is 22.5 Å². The van der Waals surface area contributed by atoms with Crippen LogP contribution in [0.5, 0.6) is 5.75 Å². The molecule has 10 aromatic rings. The molecule has 0 amide bonds. The molecule has 0 saturated heterocycles. The first-order chi connectivity index (χ1) is 33.3. The van der Waals surface area contributed by atoms with Gasteiger partial charge in [-0.25, -0.2) is 4.98 Å². The third kappa shape index (κ3) is 8.83. The number of fused-ring (bicyclic) bond motifs is 1. The molecule has 0 saturated carbocycles. The van der Waals surface area contributed by atoms with Crippen molar-refractivity contribution in [3.63, 3.8) is 0 Å². The van der Waals surface area contributed by atoms with Crippen molar-refractivity contribution in [3.8, 4) is 89.7 Å². The van der Waals surface area contributed by atoms with E-state index in [2.05, 4.69) is 124 Å². The van der Waals surface area contributed by atoms with Gasteiger partial charge in [-0.1, -0.05) is 189 Å². The summed E-state index contributed by atoms with van der Waals surface area (Å²) in [5.74, 6) is 0.871. The molecule has 0 fully saturated rings. The molecular formula is C62H52N3OPt-. The van der Waals surface area contributed by atoms with E-state index in [1.807, 2.05) is 109 Å². The Labute approximate surface area is 413 Å². The molecule has 1 N–H and O–H groups in total. The second-order valence-corrected chi connectivity index (χ2v) is 17.8. The Morgan fingerprint density at radius 2 is 1.19 bits per heavy atom. The maximum Gasteiger partial charge on any atom is 0.148 e. The quantitative estimate of drug-likeness (QED) is 0.139. The van der Waals surface area contributed by atoms with Gasteiger partial charge < -0.3 is 5.11 Å². The van der Waals surface area contributed by atoms with Gasteiger partial charge in [-0.2, -0.15) is 0 Å². The molecule has 5 heteroatoms. The first-order valence-electron chi connectivity index (χ1n) is 24.2. The summed E-state index contributed by atoms with van der Waals surface area (Å²) in [5.41, 5.74) is 16.6. The Bertz CT molecular complexity index is 3490. The zero-order valence-corrected chi connectivity index (χ0v) is 40.4. The van der Waals surface area contributed by atoms with Gasteiger partial charge in [0.1, 0.15) is 11.6 Å². The smallest absolute Gasteiger partial charge is 0.148 e. The Balaban J connectivity index is 0.00000608. The minimum atomic E-state index is -2.43. The van der Waals surface area contributed by atoms with Gasteiger partial charge in [-0.05, 0) is 106 Å². The van der Waals surface area contributed by atoms with Crippen molar-refractivity contribution in [2.24, 2.45) is 0 Å². The standard InChI is InChI=1S/C62H52N3O.Pt/c1-39(2)48-35-53(40(3)4)61(66)56(36-48)62-64-60-52(23-16-24-58(60)65(62)59-38-54(45-19-12-8-13-20-45)42(6)31-55(59)46-21-14-9-15-22-46)50-32-49(43-17-10-7-11-18-43)33-51(34-50)57-37-47(29-30-63-57)44-27-25-41(5)26-28-44;/h7-33,35-40,66H,1-6H3;/q-1;/i6D3;. The summed E-state index contributed by atoms with van der Waals surface area (Å²) in [6.07, 6.45) is 1.86. The van der Waals surface area contributed by atoms with Gasteiger partial charge in [0.2, 0.25) is 0 Å². The fraction of sp³-hybridized carbons (Fsp3) is 0.129. The van der Waals surface area contributed by atoms with Gasteiger partial charge in [-0.3, -0.25) is 9.55 Å². The van der Waals surface area contributed by atoms with Crippen molar-refractivity contribution < 1.29 is 30.3 Å². The van der Waals surface area contributed by atoms with Crippen molar-refractivity contribution in [2.45, 2.75) is 53.3 Å². The number of aromatic hydroxyl groups is 1. The summed E-state index contributed by atoms with van der Waals surface area (Å²) < 4.78 is 28.7. The van der Waals surface area contributed by atoms with E-state index >= 15 is 0 Å². The molecule has 8 aromatic carbocycles. The number of para-hydroxylation sites is 1. The normalized spacial score (nSPS) is 12.2. The molecular weight excluding hydrogens is 998 g/mol. The molecule has 67 heavy (non-hydrogen) atoms. The number of rotatable bonds is 10. The molecule has 0 aliphatic carbocycles. The maximum absolute atomic E-state index is 12.5. The maximum atomic E-state index is 12.5. The van der Waals surface area contributed by atoms with Crippen molar-refractivity contribution in [1.29, 1.82) is 0 Å². The van der Waals surface area contributed by atoms with Crippen LogP contribution in [0.25, 0.3) is 95.0 Å². The predicted molar refractivity (Wildman–Crippen MR) is 275 cm³/mol. The zero-order chi connectivity index (χ0) is 48.0. The molecule has 0 atom stereocenters. The Hall–Kier alpha value is -7.13. The predicted octanol–water partition coefficient (Wildman–Crippen LogP) is 16.5. The van der Waals surface area contributed by atoms with Crippen LogP contribution in [0.1, 0.15) is 65.9 Å². The van der Waals surface area contributed by atoms with E-state index in [-0.39, 0.29) is 44.2 Å². The number of aromatic nitrogens is 3. The van der Waals surface area contributed by atoms with Crippen molar-refractivity contribution in [3.05, 3.63) is 217 Å². The molecule has 2 heterocycles. The van der Waals surface area contributed by atoms with Crippen LogP contribution in [-0.4, -0.2) is 19.6 Å². The Kier molecular flexibility index (Phi) is 11.7. The molecule has 0 aliphatic heterocycles. The first kappa shape index (κ1) is 41.3. The van der Waals surface area contributed by atoms with E-state index in [4.69, 9.17) is 14.1 Å². The molecule has 332 valence electrons. The second kappa shape index (κ2) is 19.0. The third-order valence-electron chi connectivity index (χ3n) is 12.6. The van der Waals surface area contributed by atoms with Crippen LogP contribution in [0, 0.1) is 19.8 Å². The summed E-state index contributed by atoms with van der Waals surface area (Å²) in [6, 6.07) is 64.9. The summed E-state index contributed by atoms with van der Waals surface area (Å²) in [6.45, 7) is 8.17. The summed E-state index contributed by atoms with van der Waals surface area (Å²) in [7, 11) is 0. The van der Waals surface area contributed by atoms with Crippen LogP contribution in [0.3, 0.4) is 0 Å². The average molecular weight is 1050 g/mol. The van der Waals surface area contributed by atoms with Crippen LogP contribution in [0.4, 0.5) is 0 Å². The van der Waals surface area contributed by atoms with Gasteiger partial charge in [0.25, 0.3) is 0 Å². The third-order valence-corrected chi connectivity index (χ3v) is 12.6. The molecule has 2 aromatic heterocycles. The fourth-order valence-electron chi connectivity index (χ4n) is 9.00. The molecule has 4 nitrogen and oxygen atoms in total. The monoisotopic (exact) mass is 1050 g/mol. The topological polar surface area (TPSA) is 50.9 Å². The number of nitrogens with zero attached hydrogens (tertiary/aromatic N) is 3. The molecule has 0 radical (unpaired) electrons. The van der Waals surface area contributed by atoms with Crippen LogP contribution < -0.4 is 0 Å². The Morgan fingerprint density at radius 3 is 1.85 bits per heavy atom. The summed E-state index contributed by atoms with van der Waals surface area (Å²) in [5, 5.41) is 12.5. The van der Waals surface area contributed by atoms with E-state index < -0.39 is 6.85 Å². The second-order valence-electron chi connectivity index (χ2n) is 17.8. The SMILES string of the molecule is [2H]C([2H])([2H])c1cc(-c2ccccc2)c(-n2c(-c3cc(C(C)C)cc(C(C)C)c3O)nc3c(-c4[c-]c(-c5cc(-c6ccc(C)cc6)ccn5)cc(-c5ccccc5)c4)cccc32)cc1-c1ccccc1.[Pt]. The Morgan fingerprint density at radius 1 is 0.552 bits per heavy atom. The zero-order valence-electron chi connectivity index (χ0n) is 41.2. The van der Waals surface area contributed by atoms with Crippen LogP contribution in [0.15, 0.2) is 188 Å². The minimum absolute atomic E-state index is 0. The van der Waals surface area contributed by atoms with Crippen LogP contribution in [-0.2, 0) is 21.1 Å². The number of phenolic OH excluding ortho intramolecular Hbond substituents is 1. The van der Waals surface area contributed by atoms with Gasteiger partial charge in [0, 0.05) is 42.6 Å². The molecule has 0 unspecified atom stereocenters. The summed E-state index contributed by atoms with van der Waals surface area (Å²) in [4.78, 5) is 10.5. The fourth-order valence-corrected chi connectivity index (χ4v) is 9.00. The summed E-state index contributed by atoms with van der Waals surface area (Å²) >= 11 is 0. The minimum Gasteiger partial charge on any atom is -0.507 e. The first-order valence-corrected chi connectivity index (χ1v) is 22.7. The van der Waals surface area contributed by atoms with Gasteiger partial charge in [-0.15, -0.1) is 23.8 Å². The number of hydrogen-bond acceptors (Lipinski definition) is 3. The van der Waals surface area contributed by atoms with Gasteiger partial charge in [0.05, 0.1) is 22.3 Å². The molecule has 0 spiro atoms. The molecule has 10 rings (SSSR count). The van der Waals surface area contributed by atoms with Crippen molar-refractivity contribution >= 4 is 11.0 Å². The number of imidazole rings is 1. The van der Waals surface area contributed by atoms with Crippen molar-refractivity contribution in [2.75, 3.05) is 0 Å².